The first-order valence-corrected chi connectivity index (χ1v) is 5.54. The van der Waals surface area contributed by atoms with Crippen LogP contribution in [0, 0.1) is 11.3 Å². The maximum Gasteiger partial charge on any atom is 0.0995 e. The lowest BCUT2D eigenvalue weighted by Gasteiger charge is -2.23. The van der Waals surface area contributed by atoms with Gasteiger partial charge in [-0.1, -0.05) is 18.2 Å². The first-order chi connectivity index (χ1) is 7.73. The summed E-state index contributed by atoms with van der Waals surface area (Å²) in [6.07, 6.45) is 1.03. The van der Waals surface area contributed by atoms with E-state index >= 15 is 0 Å². The molecule has 0 bridgehead atoms. The van der Waals surface area contributed by atoms with Gasteiger partial charge in [0.05, 0.1) is 18.2 Å². The number of ether oxygens (including phenoxy) is 1. The molecule has 3 heteroatoms. The Labute approximate surface area is 96.0 Å². The van der Waals surface area contributed by atoms with E-state index in [1.807, 2.05) is 24.3 Å². The highest BCUT2D eigenvalue weighted by atomic mass is 16.5. The standard InChI is InChI=1S/C13H16N2O/c1-13(6-7-16-10-13)15-9-12-5-3-2-4-11(12)8-14/h2-5,15H,6-7,9-10H2,1H3. The number of hydrogen-bond donors (Lipinski definition) is 1. The number of benzene rings is 1. The maximum atomic E-state index is 8.97. The van der Waals surface area contributed by atoms with E-state index < -0.39 is 0 Å². The van der Waals surface area contributed by atoms with Crippen molar-refractivity contribution in [1.29, 1.82) is 5.26 Å². The Morgan fingerprint density at radius 3 is 3.00 bits per heavy atom. The van der Waals surface area contributed by atoms with Crippen molar-refractivity contribution < 1.29 is 4.74 Å². The third-order valence-corrected chi connectivity index (χ3v) is 3.06. The zero-order valence-electron chi connectivity index (χ0n) is 9.49. The molecule has 1 unspecified atom stereocenters. The lowest BCUT2D eigenvalue weighted by atomic mass is 10.0. The average Bonchev–Trinajstić information content (AvgIpc) is 2.74. The molecule has 0 radical (unpaired) electrons. The van der Waals surface area contributed by atoms with E-state index in [4.69, 9.17) is 10.00 Å². The molecule has 1 aliphatic heterocycles. The largest absolute Gasteiger partial charge is 0.379 e. The molecule has 1 atom stereocenters. The molecule has 84 valence electrons. The highest BCUT2D eigenvalue weighted by Crippen LogP contribution is 2.18. The quantitative estimate of drug-likeness (QED) is 0.838. The molecule has 1 aromatic carbocycles. The van der Waals surface area contributed by atoms with Crippen LogP contribution in [0.1, 0.15) is 24.5 Å². The molecule has 16 heavy (non-hydrogen) atoms. The number of nitriles is 1. The summed E-state index contributed by atoms with van der Waals surface area (Å²) in [5, 5.41) is 12.4. The minimum absolute atomic E-state index is 0.0581. The van der Waals surface area contributed by atoms with Gasteiger partial charge in [-0.2, -0.15) is 5.26 Å². The summed E-state index contributed by atoms with van der Waals surface area (Å²) < 4.78 is 5.38. The lowest BCUT2D eigenvalue weighted by Crippen LogP contribution is -2.42. The van der Waals surface area contributed by atoms with Crippen molar-refractivity contribution in [2.24, 2.45) is 0 Å². The summed E-state index contributed by atoms with van der Waals surface area (Å²) in [5.74, 6) is 0. The van der Waals surface area contributed by atoms with Crippen molar-refractivity contribution in [3.63, 3.8) is 0 Å². The Kier molecular flexibility index (Phi) is 3.23. The van der Waals surface area contributed by atoms with E-state index in [-0.39, 0.29) is 5.54 Å². The molecule has 0 aromatic heterocycles. The molecule has 0 aliphatic carbocycles. The second-order valence-corrected chi connectivity index (χ2v) is 4.49. The fraction of sp³-hybridized carbons (Fsp3) is 0.462. The van der Waals surface area contributed by atoms with E-state index in [0.29, 0.717) is 0 Å². The molecule has 3 nitrogen and oxygen atoms in total. The second kappa shape index (κ2) is 4.65. The molecule has 1 aliphatic rings. The van der Waals surface area contributed by atoms with E-state index in [2.05, 4.69) is 18.3 Å². The average molecular weight is 216 g/mol. The van der Waals surface area contributed by atoms with E-state index in [9.17, 15) is 0 Å². The van der Waals surface area contributed by atoms with Gasteiger partial charge in [-0.3, -0.25) is 0 Å². The predicted octanol–water partition coefficient (Wildman–Crippen LogP) is 1.83. The monoisotopic (exact) mass is 216 g/mol. The van der Waals surface area contributed by atoms with Gasteiger partial charge >= 0.3 is 0 Å². The third kappa shape index (κ3) is 2.41. The van der Waals surface area contributed by atoms with Gasteiger partial charge in [0, 0.05) is 18.7 Å². The van der Waals surface area contributed by atoms with Gasteiger partial charge in [0.15, 0.2) is 0 Å². The maximum absolute atomic E-state index is 8.97. The van der Waals surface area contributed by atoms with Crippen LogP contribution in [0.2, 0.25) is 0 Å². The predicted molar refractivity (Wildman–Crippen MR) is 61.8 cm³/mol. The van der Waals surface area contributed by atoms with Crippen LogP contribution in [-0.2, 0) is 11.3 Å². The summed E-state index contributed by atoms with van der Waals surface area (Å²) in [6, 6.07) is 9.91. The molecular weight excluding hydrogens is 200 g/mol. The first-order valence-electron chi connectivity index (χ1n) is 5.54. The van der Waals surface area contributed by atoms with Crippen LogP contribution in [0.25, 0.3) is 0 Å². The SMILES string of the molecule is CC1(NCc2ccccc2C#N)CCOC1. The molecule has 2 rings (SSSR count). The molecule has 1 fully saturated rings. The minimum Gasteiger partial charge on any atom is -0.379 e. The van der Waals surface area contributed by atoms with Crippen LogP contribution in [0.4, 0.5) is 0 Å². The number of hydrogen-bond acceptors (Lipinski definition) is 3. The zero-order chi connectivity index (χ0) is 11.4. The number of rotatable bonds is 3. The Balaban J connectivity index is 2.02. The van der Waals surface area contributed by atoms with Gasteiger partial charge in [-0.15, -0.1) is 0 Å². The summed E-state index contributed by atoms with van der Waals surface area (Å²) in [6.45, 7) is 4.46. The minimum atomic E-state index is 0.0581. The van der Waals surface area contributed by atoms with Gasteiger partial charge in [0.25, 0.3) is 0 Å². The third-order valence-electron chi connectivity index (χ3n) is 3.06. The topological polar surface area (TPSA) is 45.0 Å². The molecule has 0 spiro atoms. The normalized spacial score (nSPS) is 24.2. The molecule has 0 saturated carbocycles. The van der Waals surface area contributed by atoms with Crippen LogP contribution in [0.15, 0.2) is 24.3 Å². The Hall–Kier alpha value is -1.37. The van der Waals surface area contributed by atoms with Gasteiger partial charge in [-0.05, 0) is 25.0 Å². The molecule has 1 heterocycles. The van der Waals surface area contributed by atoms with Crippen LogP contribution >= 0.6 is 0 Å². The Bertz CT molecular complexity index is 403. The van der Waals surface area contributed by atoms with Crippen molar-refractivity contribution in [3.05, 3.63) is 35.4 Å². The zero-order valence-corrected chi connectivity index (χ0v) is 9.49. The van der Waals surface area contributed by atoms with Crippen LogP contribution in [0.5, 0.6) is 0 Å². The van der Waals surface area contributed by atoms with Gasteiger partial charge in [0.2, 0.25) is 0 Å². The van der Waals surface area contributed by atoms with Crippen LogP contribution in [-0.4, -0.2) is 18.8 Å². The fourth-order valence-corrected chi connectivity index (χ4v) is 1.90. The van der Waals surface area contributed by atoms with Gasteiger partial charge in [-0.25, -0.2) is 0 Å². The van der Waals surface area contributed by atoms with Crippen molar-refractivity contribution >= 4 is 0 Å². The fourth-order valence-electron chi connectivity index (χ4n) is 1.90. The highest BCUT2D eigenvalue weighted by Gasteiger charge is 2.28. The van der Waals surface area contributed by atoms with Crippen molar-refractivity contribution in [2.75, 3.05) is 13.2 Å². The molecule has 1 saturated heterocycles. The van der Waals surface area contributed by atoms with E-state index in [1.54, 1.807) is 0 Å². The van der Waals surface area contributed by atoms with Gasteiger partial charge in [0.1, 0.15) is 0 Å². The smallest absolute Gasteiger partial charge is 0.0995 e. The van der Waals surface area contributed by atoms with Gasteiger partial charge < -0.3 is 10.1 Å². The summed E-state index contributed by atoms with van der Waals surface area (Å²) >= 11 is 0. The second-order valence-electron chi connectivity index (χ2n) is 4.49. The van der Waals surface area contributed by atoms with Crippen molar-refractivity contribution in [3.8, 4) is 6.07 Å². The first kappa shape index (κ1) is 11.1. The summed E-state index contributed by atoms with van der Waals surface area (Å²) in [4.78, 5) is 0. The van der Waals surface area contributed by atoms with Crippen molar-refractivity contribution in [2.45, 2.75) is 25.4 Å². The van der Waals surface area contributed by atoms with Crippen LogP contribution in [0.3, 0.4) is 0 Å². The Morgan fingerprint density at radius 1 is 1.50 bits per heavy atom. The Morgan fingerprint density at radius 2 is 2.31 bits per heavy atom. The molecule has 1 aromatic rings. The summed E-state index contributed by atoms with van der Waals surface area (Å²) in [7, 11) is 0. The van der Waals surface area contributed by atoms with E-state index in [0.717, 1.165) is 37.3 Å². The van der Waals surface area contributed by atoms with Crippen molar-refractivity contribution in [1.82, 2.24) is 5.32 Å². The number of nitrogens with one attached hydrogen (secondary N) is 1. The number of nitrogens with zero attached hydrogens (tertiary/aromatic N) is 1. The van der Waals surface area contributed by atoms with E-state index in [1.165, 1.54) is 0 Å². The highest BCUT2D eigenvalue weighted by molar-refractivity contribution is 5.37. The molecule has 1 N–H and O–H groups in total. The molecular formula is C13H16N2O. The lowest BCUT2D eigenvalue weighted by molar-refractivity contribution is 0.171. The van der Waals surface area contributed by atoms with Crippen LogP contribution < -0.4 is 5.32 Å². The molecule has 0 amide bonds. The summed E-state index contributed by atoms with van der Waals surface area (Å²) in [5.41, 5.74) is 1.86.